The van der Waals surface area contributed by atoms with Gasteiger partial charge in [0.1, 0.15) is 12.8 Å². The van der Waals surface area contributed by atoms with Crippen LogP contribution in [-0.4, -0.2) is 28.4 Å². The van der Waals surface area contributed by atoms with Crippen LogP contribution in [0.2, 0.25) is 0 Å². The Morgan fingerprint density at radius 2 is 1.90 bits per heavy atom. The number of primary amides is 1. The van der Waals surface area contributed by atoms with Crippen molar-refractivity contribution in [1.29, 1.82) is 0 Å². The van der Waals surface area contributed by atoms with E-state index in [4.69, 9.17) is 11.5 Å². The fourth-order valence-electron chi connectivity index (χ4n) is 1.72. The molecule has 0 saturated carbocycles. The molecular formula is C13H14N4O3. The number of hydrogen-bond acceptors (Lipinski definition) is 5. The van der Waals surface area contributed by atoms with Crippen LogP contribution >= 0.6 is 0 Å². The molecule has 1 aromatic heterocycles. The smallest absolute Gasteiger partial charge is 0.276 e. The molecule has 2 amide bonds. The molecule has 1 aromatic carbocycles. The van der Waals surface area contributed by atoms with Crippen molar-refractivity contribution in [3.8, 4) is 0 Å². The summed E-state index contributed by atoms with van der Waals surface area (Å²) in [4.78, 5) is 24.6. The Bertz CT molecular complexity index is 593. The lowest BCUT2D eigenvalue weighted by molar-refractivity contribution is -0.118. The molecule has 2 rings (SSSR count). The number of anilines is 1. The van der Waals surface area contributed by atoms with Crippen LogP contribution in [0.1, 0.15) is 16.1 Å². The largest absolute Gasteiger partial charge is 0.399 e. The Hall–Kier alpha value is -2.83. The second-order valence-corrected chi connectivity index (χ2v) is 4.25. The Balaban J connectivity index is 2.17. The van der Waals surface area contributed by atoms with Gasteiger partial charge in [-0.25, -0.2) is 0 Å². The molecule has 0 aliphatic rings. The van der Waals surface area contributed by atoms with Gasteiger partial charge in [0.15, 0.2) is 5.69 Å². The number of hydrogen-bond donors (Lipinski definition) is 2. The summed E-state index contributed by atoms with van der Waals surface area (Å²) in [5, 5.41) is 3.56. The quantitative estimate of drug-likeness (QED) is 0.765. The first kappa shape index (κ1) is 13.6. The number of nitrogens with two attached hydrogens (primary N) is 2. The zero-order valence-corrected chi connectivity index (χ0v) is 10.7. The second kappa shape index (κ2) is 5.87. The molecule has 0 bridgehead atoms. The molecule has 0 aliphatic heterocycles. The van der Waals surface area contributed by atoms with Crippen LogP contribution in [0, 0.1) is 0 Å². The standard InChI is InChI=1S/C13H14N4O3/c14-10-3-1-9(2-4-10)7-17(8-12(15)18)13(19)11-5-6-20-16-11/h1-6H,7-8,14H2,(H2,15,18). The van der Waals surface area contributed by atoms with Gasteiger partial charge >= 0.3 is 0 Å². The van der Waals surface area contributed by atoms with Gasteiger partial charge in [-0.15, -0.1) is 0 Å². The molecule has 0 saturated heterocycles. The number of benzene rings is 1. The van der Waals surface area contributed by atoms with Crippen LogP contribution in [-0.2, 0) is 11.3 Å². The van der Waals surface area contributed by atoms with E-state index in [0.29, 0.717) is 5.69 Å². The lowest BCUT2D eigenvalue weighted by Crippen LogP contribution is -2.38. The predicted octanol–water partition coefficient (Wildman–Crippen LogP) is 0.384. The summed E-state index contributed by atoms with van der Waals surface area (Å²) < 4.78 is 4.63. The molecule has 7 heteroatoms. The minimum atomic E-state index is -0.600. The predicted molar refractivity (Wildman–Crippen MR) is 71.3 cm³/mol. The van der Waals surface area contributed by atoms with Gasteiger partial charge in [-0.3, -0.25) is 9.59 Å². The van der Waals surface area contributed by atoms with E-state index >= 15 is 0 Å². The zero-order valence-electron chi connectivity index (χ0n) is 10.7. The lowest BCUT2D eigenvalue weighted by Gasteiger charge is -2.20. The summed E-state index contributed by atoms with van der Waals surface area (Å²) >= 11 is 0. The van der Waals surface area contributed by atoms with E-state index in [2.05, 4.69) is 9.68 Å². The Labute approximate surface area is 115 Å². The first-order valence-corrected chi connectivity index (χ1v) is 5.88. The fraction of sp³-hybridized carbons (Fsp3) is 0.154. The third kappa shape index (κ3) is 3.35. The SMILES string of the molecule is NC(=O)CN(Cc1ccc(N)cc1)C(=O)c1ccon1. The number of carbonyl (C=O) groups excluding carboxylic acids is 2. The molecule has 0 aliphatic carbocycles. The van der Waals surface area contributed by atoms with E-state index in [9.17, 15) is 9.59 Å². The van der Waals surface area contributed by atoms with Crippen molar-refractivity contribution in [3.05, 3.63) is 47.9 Å². The summed E-state index contributed by atoms with van der Waals surface area (Å²) in [6.07, 6.45) is 1.29. The number of rotatable bonds is 5. The summed E-state index contributed by atoms with van der Waals surface area (Å²) in [6.45, 7) is 0.0327. The van der Waals surface area contributed by atoms with Gasteiger partial charge in [-0.1, -0.05) is 17.3 Å². The number of amides is 2. The van der Waals surface area contributed by atoms with E-state index in [1.165, 1.54) is 17.2 Å². The molecule has 0 unspecified atom stereocenters. The van der Waals surface area contributed by atoms with Gasteiger partial charge in [0, 0.05) is 18.3 Å². The molecule has 0 radical (unpaired) electrons. The zero-order chi connectivity index (χ0) is 14.5. The third-order valence-electron chi connectivity index (χ3n) is 2.64. The van der Waals surface area contributed by atoms with Gasteiger partial charge in [0.05, 0.1) is 0 Å². The Morgan fingerprint density at radius 3 is 2.45 bits per heavy atom. The first-order valence-electron chi connectivity index (χ1n) is 5.88. The molecule has 0 atom stereocenters. The maximum Gasteiger partial charge on any atom is 0.276 e. The minimum Gasteiger partial charge on any atom is -0.399 e. The molecule has 1 heterocycles. The van der Waals surface area contributed by atoms with Crippen LogP contribution in [0.25, 0.3) is 0 Å². The third-order valence-corrected chi connectivity index (χ3v) is 2.64. The highest BCUT2D eigenvalue weighted by Crippen LogP contribution is 2.11. The molecule has 7 nitrogen and oxygen atoms in total. The maximum absolute atomic E-state index is 12.2. The van der Waals surface area contributed by atoms with Crippen molar-refractivity contribution in [3.63, 3.8) is 0 Å². The molecule has 4 N–H and O–H groups in total. The summed E-state index contributed by atoms with van der Waals surface area (Å²) in [5.74, 6) is -1.02. The molecule has 20 heavy (non-hydrogen) atoms. The van der Waals surface area contributed by atoms with Crippen LogP contribution < -0.4 is 11.5 Å². The average Bonchev–Trinajstić information content (AvgIpc) is 2.93. The molecule has 0 fully saturated rings. The Morgan fingerprint density at radius 1 is 1.20 bits per heavy atom. The normalized spacial score (nSPS) is 10.2. The van der Waals surface area contributed by atoms with E-state index < -0.39 is 11.8 Å². The monoisotopic (exact) mass is 274 g/mol. The van der Waals surface area contributed by atoms with E-state index in [1.54, 1.807) is 24.3 Å². The first-order chi connectivity index (χ1) is 9.56. The minimum absolute atomic E-state index is 0.127. The Kier molecular flexibility index (Phi) is 3.99. The number of carbonyl (C=O) groups is 2. The van der Waals surface area contributed by atoms with E-state index in [0.717, 1.165) is 5.56 Å². The number of nitrogens with zero attached hydrogens (tertiary/aromatic N) is 2. The highest BCUT2D eigenvalue weighted by molar-refractivity contribution is 5.94. The van der Waals surface area contributed by atoms with Crippen molar-refractivity contribution >= 4 is 17.5 Å². The van der Waals surface area contributed by atoms with E-state index in [-0.39, 0.29) is 18.8 Å². The molecular weight excluding hydrogens is 260 g/mol. The average molecular weight is 274 g/mol. The van der Waals surface area contributed by atoms with Crippen molar-refractivity contribution in [2.75, 3.05) is 12.3 Å². The van der Waals surface area contributed by atoms with Crippen LogP contribution in [0.5, 0.6) is 0 Å². The van der Waals surface area contributed by atoms with Gasteiger partial charge in [0.25, 0.3) is 5.91 Å². The molecule has 0 spiro atoms. The summed E-state index contributed by atoms with van der Waals surface area (Å²) in [7, 11) is 0. The summed E-state index contributed by atoms with van der Waals surface area (Å²) in [5.41, 5.74) is 12.3. The topological polar surface area (TPSA) is 115 Å². The van der Waals surface area contributed by atoms with Gasteiger partial charge in [0.2, 0.25) is 5.91 Å². The number of aromatic nitrogens is 1. The second-order valence-electron chi connectivity index (χ2n) is 4.25. The highest BCUT2D eigenvalue weighted by Gasteiger charge is 2.20. The molecule has 104 valence electrons. The lowest BCUT2D eigenvalue weighted by atomic mass is 10.2. The van der Waals surface area contributed by atoms with Crippen LogP contribution in [0.3, 0.4) is 0 Å². The van der Waals surface area contributed by atoms with Gasteiger partial charge in [-0.05, 0) is 17.7 Å². The maximum atomic E-state index is 12.2. The van der Waals surface area contributed by atoms with Gasteiger partial charge < -0.3 is 20.9 Å². The van der Waals surface area contributed by atoms with Gasteiger partial charge in [-0.2, -0.15) is 0 Å². The fourth-order valence-corrected chi connectivity index (χ4v) is 1.72. The van der Waals surface area contributed by atoms with Crippen LogP contribution in [0.15, 0.2) is 41.1 Å². The van der Waals surface area contributed by atoms with Crippen molar-refractivity contribution in [2.24, 2.45) is 5.73 Å². The molecule has 2 aromatic rings. The van der Waals surface area contributed by atoms with Crippen molar-refractivity contribution in [2.45, 2.75) is 6.54 Å². The summed E-state index contributed by atoms with van der Waals surface area (Å²) in [6, 6.07) is 8.43. The van der Waals surface area contributed by atoms with Crippen LogP contribution in [0.4, 0.5) is 5.69 Å². The van der Waals surface area contributed by atoms with Crippen molar-refractivity contribution in [1.82, 2.24) is 10.1 Å². The number of nitrogen functional groups attached to an aromatic ring is 1. The van der Waals surface area contributed by atoms with E-state index in [1.807, 2.05) is 0 Å². The highest BCUT2D eigenvalue weighted by atomic mass is 16.5. The van der Waals surface area contributed by atoms with Crippen molar-refractivity contribution < 1.29 is 14.1 Å².